The van der Waals surface area contributed by atoms with Crippen LogP contribution in [0.25, 0.3) is 0 Å². The van der Waals surface area contributed by atoms with E-state index in [1.165, 1.54) is 0 Å². The monoisotopic (exact) mass is 643 g/mol. The Kier molecular flexibility index (Phi) is 10.4. The molecule has 39 heavy (non-hydrogen) atoms. The maximum absolute atomic E-state index is 14.2. The molecule has 0 aromatic rings. The summed E-state index contributed by atoms with van der Waals surface area (Å²) in [7, 11) is -4.42. The van der Waals surface area contributed by atoms with Crippen molar-refractivity contribution < 1.29 is 83.1 Å². The molecule has 0 rings (SSSR count). The van der Waals surface area contributed by atoms with Crippen LogP contribution in [0.4, 0.5) is 74.6 Å². The topological polar surface area (TPSA) is 76.7 Å². The fourth-order valence-electron chi connectivity index (χ4n) is 2.50. The van der Waals surface area contributed by atoms with Gasteiger partial charge in [-0.15, -0.1) is 5.12 Å². The van der Waals surface area contributed by atoms with Crippen LogP contribution in [0, 0.1) is 0 Å². The summed E-state index contributed by atoms with van der Waals surface area (Å²) in [4.78, 5) is 0. The second-order valence-electron chi connectivity index (χ2n) is 7.32. The quantitative estimate of drug-likeness (QED) is 0.151. The minimum atomic E-state index is -8.88. The van der Waals surface area contributed by atoms with Crippen LogP contribution < -0.4 is 15.6 Å². The number of hydrogen-bond acceptors (Lipinski definition) is 6. The van der Waals surface area contributed by atoms with E-state index in [-0.39, 0.29) is 0 Å². The van der Waals surface area contributed by atoms with Crippen LogP contribution >= 0.6 is 0 Å². The van der Waals surface area contributed by atoms with E-state index in [2.05, 4.69) is 10.9 Å². The van der Waals surface area contributed by atoms with Crippen LogP contribution in [-0.2, 0) is 10.0 Å². The predicted octanol–water partition coefficient (Wildman–Crippen LogP) is 4.03. The van der Waals surface area contributed by atoms with Crippen molar-refractivity contribution in [1.82, 2.24) is 25.8 Å². The number of sulfonamides is 1. The Morgan fingerprint density at radius 2 is 0.949 bits per heavy atom. The lowest BCUT2D eigenvalue weighted by Crippen LogP contribution is -2.75. The number of nitrogens with one attached hydrogen (secondary N) is 3. The van der Waals surface area contributed by atoms with Crippen molar-refractivity contribution in [3.63, 3.8) is 0 Å². The van der Waals surface area contributed by atoms with Gasteiger partial charge in [-0.25, -0.2) is 19.3 Å². The zero-order valence-corrected chi connectivity index (χ0v) is 20.1. The third-order valence-electron chi connectivity index (χ3n) is 4.88. The van der Waals surface area contributed by atoms with Crippen LogP contribution in [0.5, 0.6) is 0 Å². The van der Waals surface area contributed by atoms with E-state index >= 15 is 0 Å². The second kappa shape index (κ2) is 10.8. The lowest BCUT2D eigenvalue weighted by atomic mass is 9.91. The zero-order valence-electron chi connectivity index (χ0n) is 19.3. The molecular formula is C14H18F17N5O2S. The first kappa shape index (κ1) is 37.6. The summed E-state index contributed by atoms with van der Waals surface area (Å²) in [5.74, 6) is -51.8. The molecule has 1 unspecified atom stereocenters. The summed E-state index contributed by atoms with van der Waals surface area (Å²) >= 11 is 0. The molecule has 0 amide bonds. The van der Waals surface area contributed by atoms with Gasteiger partial charge in [0.1, 0.15) is 6.17 Å². The molecule has 236 valence electrons. The van der Waals surface area contributed by atoms with Gasteiger partial charge in [0.15, 0.2) is 0 Å². The Bertz CT molecular complexity index is 956. The summed E-state index contributed by atoms with van der Waals surface area (Å²) in [6, 6.07) is 0. The SMILES string of the molecule is CCC(NS(=O)(=O)C(F)(F)C(F)(F)C(F)(F)C(F)(F)C(F)(F)C(F)(F)C(F)(F)C(F)(F)F)N(NC)N(C)NC. The molecule has 0 aromatic carbocycles. The fourth-order valence-corrected chi connectivity index (χ4v) is 3.74. The van der Waals surface area contributed by atoms with Crippen LogP contribution in [0.15, 0.2) is 0 Å². The van der Waals surface area contributed by atoms with E-state index < -0.39 is 69.6 Å². The van der Waals surface area contributed by atoms with Crippen molar-refractivity contribution in [3.05, 3.63) is 0 Å². The number of rotatable bonds is 14. The average molecular weight is 643 g/mol. The van der Waals surface area contributed by atoms with Gasteiger partial charge in [-0.1, -0.05) is 6.92 Å². The van der Waals surface area contributed by atoms with Gasteiger partial charge < -0.3 is 0 Å². The number of hydrazine groups is 3. The summed E-state index contributed by atoms with van der Waals surface area (Å²) in [6.45, 7) is 0.934. The van der Waals surface area contributed by atoms with Crippen LogP contribution in [0.1, 0.15) is 13.3 Å². The highest BCUT2D eigenvalue weighted by molar-refractivity contribution is 7.90. The number of nitrogens with zero attached hydrogens (tertiary/aromatic N) is 2. The highest BCUT2D eigenvalue weighted by Crippen LogP contribution is 2.64. The largest absolute Gasteiger partial charge is 0.460 e. The molecule has 0 spiro atoms. The van der Waals surface area contributed by atoms with Gasteiger partial charge in [0.05, 0.1) is 0 Å². The number of alkyl halides is 17. The highest BCUT2D eigenvalue weighted by Gasteiger charge is 2.96. The van der Waals surface area contributed by atoms with Crippen molar-refractivity contribution in [2.75, 3.05) is 21.1 Å². The average Bonchev–Trinajstić information content (AvgIpc) is 2.76. The van der Waals surface area contributed by atoms with Crippen LogP contribution in [-0.4, -0.2) is 92.9 Å². The summed E-state index contributed by atoms with van der Waals surface area (Å²) in [5.41, 5.74) is 4.25. The molecule has 0 radical (unpaired) electrons. The van der Waals surface area contributed by atoms with Crippen molar-refractivity contribution in [3.8, 4) is 0 Å². The molecule has 0 aliphatic rings. The van der Waals surface area contributed by atoms with Crippen LogP contribution in [0.2, 0.25) is 0 Å². The summed E-state index contributed by atoms with van der Waals surface area (Å²) in [5, 5.41) is -6.51. The van der Waals surface area contributed by atoms with E-state index in [0.717, 1.165) is 28.1 Å². The first-order chi connectivity index (χ1) is 16.9. The Labute approximate surface area is 207 Å². The Hall–Kier alpha value is -1.44. The fraction of sp³-hybridized carbons (Fsp3) is 1.00. The van der Waals surface area contributed by atoms with Crippen molar-refractivity contribution in [1.29, 1.82) is 0 Å². The van der Waals surface area contributed by atoms with E-state index in [1.54, 1.807) is 0 Å². The van der Waals surface area contributed by atoms with Crippen LogP contribution in [0.3, 0.4) is 0 Å². The smallest absolute Gasteiger partial charge is 0.243 e. The van der Waals surface area contributed by atoms with E-state index in [1.807, 2.05) is 0 Å². The Balaban J connectivity index is 6.92. The maximum Gasteiger partial charge on any atom is 0.460 e. The van der Waals surface area contributed by atoms with Gasteiger partial charge in [-0.05, 0) is 6.42 Å². The maximum atomic E-state index is 14.2. The molecule has 0 fully saturated rings. The molecule has 0 aromatic heterocycles. The second-order valence-corrected chi connectivity index (χ2v) is 9.08. The molecular weight excluding hydrogens is 625 g/mol. The van der Waals surface area contributed by atoms with Gasteiger partial charge in [-0.3, -0.25) is 0 Å². The van der Waals surface area contributed by atoms with Crippen molar-refractivity contribution in [2.45, 2.75) is 66.5 Å². The lowest BCUT2D eigenvalue weighted by Gasteiger charge is -2.43. The van der Waals surface area contributed by atoms with E-state index in [0.29, 0.717) is 15.0 Å². The van der Waals surface area contributed by atoms with Gasteiger partial charge in [0.2, 0.25) is 0 Å². The highest BCUT2D eigenvalue weighted by atomic mass is 32.2. The Morgan fingerprint density at radius 3 is 1.23 bits per heavy atom. The lowest BCUT2D eigenvalue weighted by molar-refractivity contribution is -0.458. The minimum Gasteiger partial charge on any atom is -0.243 e. The number of hydrogen-bond donors (Lipinski definition) is 3. The Morgan fingerprint density at radius 1 is 0.615 bits per heavy atom. The van der Waals surface area contributed by atoms with E-state index in [9.17, 15) is 83.1 Å². The standard InChI is InChI=1S/C14H18F17N5O2S/c1-5-6(36(33-3)35(4)32-2)34-39(37,38)14(30,31)12(25,26)10(21,22)8(17,18)7(15,16)9(19,20)11(23,24)13(27,28)29/h6,32-34H,5H2,1-4H3. The minimum absolute atomic E-state index is 0.437. The molecule has 0 aliphatic heterocycles. The molecule has 0 saturated heterocycles. The van der Waals surface area contributed by atoms with Crippen molar-refractivity contribution in [2.24, 2.45) is 0 Å². The molecule has 25 heteroatoms. The molecule has 0 bridgehead atoms. The third kappa shape index (κ3) is 5.44. The van der Waals surface area contributed by atoms with Gasteiger partial charge in [0, 0.05) is 21.1 Å². The molecule has 7 nitrogen and oxygen atoms in total. The van der Waals surface area contributed by atoms with Gasteiger partial charge >= 0.3 is 47.0 Å². The molecule has 1 atom stereocenters. The first-order valence-electron chi connectivity index (χ1n) is 9.46. The van der Waals surface area contributed by atoms with Gasteiger partial charge in [-0.2, -0.15) is 84.5 Å². The van der Waals surface area contributed by atoms with Crippen molar-refractivity contribution >= 4 is 10.0 Å². The molecule has 3 N–H and O–H groups in total. The van der Waals surface area contributed by atoms with Gasteiger partial charge in [0.25, 0.3) is 10.0 Å². The zero-order chi connectivity index (χ0) is 32.1. The normalized spacial score (nSPS) is 16.8. The molecule has 0 saturated carbocycles. The van der Waals surface area contributed by atoms with E-state index in [4.69, 9.17) is 0 Å². The third-order valence-corrected chi connectivity index (χ3v) is 6.39. The predicted molar refractivity (Wildman–Crippen MR) is 94.5 cm³/mol. The first-order valence-corrected chi connectivity index (χ1v) is 10.9. The molecule has 0 aliphatic carbocycles. The molecule has 0 heterocycles. The summed E-state index contributed by atoms with van der Waals surface area (Å²) in [6.07, 6.45) is -10.8. The summed E-state index contributed by atoms with van der Waals surface area (Å²) < 4.78 is 252. The number of halogens is 17.